The summed E-state index contributed by atoms with van der Waals surface area (Å²) in [4.78, 5) is 0. The molecule has 0 unspecified atom stereocenters. The quantitative estimate of drug-likeness (QED) is 0.234. The molecule has 0 saturated heterocycles. The van der Waals surface area contributed by atoms with Crippen molar-refractivity contribution in [3.8, 4) is 0 Å². The van der Waals surface area contributed by atoms with Crippen LogP contribution in [0.25, 0.3) is 0 Å². The summed E-state index contributed by atoms with van der Waals surface area (Å²) in [6.45, 7) is 0. The van der Waals surface area contributed by atoms with Crippen molar-refractivity contribution in [1.82, 2.24) is 0 Å². The maximum atomic E-state index is 8.52. The number of hydrogen-bond acceptors (Lipinski definition) is 4. The van der Waals surface area contributed by atoms with Crippen LogP contribution in [0.5, 0.6) is 0 Å². The second kappa shape index (κ2) is 10.7. The molecule has 0 aromatic carbocycles. The van der Waals surface area contributed by atoms with Crippen molar-refractivity contribution < 1.29 is 39.5 Å². The Morgan fingerprint density at radius 1 is 0.632 bits per heavy atom. The van der Waals surface area contributed by atoms with Gasteiger partial charge in [-0.25, -0.2) is 0 Å². The molecule has 0 atom stereocenters. The molecule has 1 fully saturated rings. The maximum Gasteiger partial charge on any atom is 2.00 e. The van der Waals surface area contributed by atoms with E-state index in [1.807, 2.05) is 0 Å². The fraction of sp³-hybridized carbons (Fsp3) is 1.00. The first kappa shape index (κ1) is 26.0. The molecular weight excluding hydrogens is 456 g/mol. The van der Waals surface area contributed by atoms with Gasteiger partial charge >= 0.3 is 16.5 Å². The zero-order chi connectivity index (χ0) is 14.0. The summed E-state index contributed by atoms with van der Waals surface area (Å²) in [7, 11) is -5.17. The Balaban J connectivity index is -0.000000320. The molecule has 0 aromatic heterocycles. The zero-order valence-corrected chi connectivity index (χ0v) is 14.9. The van der Waals surface area contributed by atoms with Gasteiger partial charge in [-0.15, -0.1) is 69.6 Å². The van der Waals surface area contributed by atoms with E-state index in [9.17, 15) is 0 Å². The van der Waals surface area contributed by atoms with Crippen LogP contribution in [0.3, 0.4) is 0 Å². The summed E-state index contributed by atoms with van der Waals surface area (Å²) >= 11 is 35.3. The minimum absolute atomic E-state index is 0. The van der Waals surface area contributed by atoms with Gasteiger partial charge in [-0.1, -0.05) is 0 Å². The summed E-state index contributed by atoms with van der Waals surface area (Å²) < 4.78 is 34.1. The van der Waals surface area contributed by atoms with E-state index in [1.54, 1.807) is 0 Å². The maximum absolute atomic E-state index is 8.52. The average Bonchev–Trinajstić information content (AvgIpc) is 2.18. The first-order valence-electron chi connectivity index (χ1n) is 3.98. The van der Waals surface area contributed by atoms with Gasteiger partial charge in [0, 0.05) is 10.4 Å². The van der Waals surface area contributed by atoms with Crippen molar-refractivity contribution in [2.24, 2.45) is 0 Å². The Labute approximate surface area is 151 Å². The Kier molecular flexibility index (Phi) is 14.7. The van der Waals surface area contributed by atoms with Crippen LogP contribution in [-0.4, -0.2) is 55.3 Å². The van der Waals surface area contributed by atoms with Crippen LogP contribution in [0.4, 0.5) is 0 Å². The van der Waals surface area contributed by atoms with Crippen LogP contribution >= 0.6 is 69.6 Å². The molecule has 5 nitrogen and oxygen atoms in total. The van der Waals surface area contributed by atoms with Gasteiger partial charge in [-0.05, 0) is 0 Å². The third kappa shape index (κ3) is 9.64. The summed E-state index contributed by atoms with van der Waals surface area (Å²) in [5.41, 5.74) is 0. The molecule has 0 spiro atoms. The number of hydrogen-bond donors (Lipinski definition) is 0. The van der Waals surface area contributed by atoms with Crippen molar-refractivity contribution in [2.45, 2.75) is 32.3 Å². The van der Waals surface area contributed by atoms with Crippen LogP contribution in [0.2, 0.25) is 0 Å². The molecule has 0 amide bonds. The van der Waals surface area contributed by atoms with E-state index in [4.69, 9.17) is 87.1 Å². The van der Waals surface area contributed by atoms with Gasteiger partial charge in [0.1, 0.15) is 0 Å². The van der Waals surface area contributed by atoms with Gasteiger partial charge in [0.05, 0.1) is 32.3 Å². The number of halogens is 6. The van der Waals surface area contributed by atoms with E-state index in [1.165, 1.54) is 0 Å². The Hall–Kier alpha value is 2.06. The topological polar surface area (TPSA) is 112 Å². The second-order valence-electron chi connectivity index (χ2n) is 3.07. The van der Waals surface area contributed by atoms with Crippen LogP contribution in [0.15, 0.2) is 0 Å². The molecule has 1 rings (SSSR count). The van der Waals surface area contributed by atoms with Gasteiger partial charge in [-0.3, -0.25) is 8.42 Å². The number of alkyl halides is 6. The Morgan fingerprint density at radius 2 is 0.684 bits per heavy atom. The molecule has 1 aliphatic rings. The van der Waals surface area contributed by atoms with Gasteiger partial charge in [-0.2, -0.15) is 0 Å². The van der Waals surface area contributed by atoms with Gasteiger partial charge in [0.15, 0.2) is 0 Å². The van der Waals surface area contributed by atoms with E-state index in [0.717, 1.165) is 0 Å². The van der Waals surface area contributed by atoms with Gasteiger partial charge in [0.2, 0.25) is 0 Å². The first-order chi connectivity index (χ1) is 7.46. The van der Waals surface area contributed by atoms with E-state index in [-0.39, 0.29) is 22.0 Å². The van der Waals surface area contributed by atoms with Crippen LogP contribution in [0.1, 0.15) is 0 Å². The molecular formula is C6H8Cl6NiO5S. The van der Waals surface area contributed by atoms with E-state index < -0.39 is 42.7 Å². The largest absolute Gasteiger partial charge is 2.00 e. The first-order valence-corrected chi connectivity index (χ1v) is 7.93. The van der Waals surface area contributed by atoms with Crippen LogP contribution < -0.4 is 0 Å². The van der Waals surface area contributed by atoms with Crippen LogP contribution in [-0.2, 0) is 26.9 Å². The SMILES string of the molecule is Cl[C@H]1[C@H](Cl)[C@@H](Cl)[C@@H](Cl)[C@H](Cl)[C@H]1Cl.O.O=S(=O)([O-])[O-].[Ni+2]. The predicted molar refractivity (Wildman–Crippen MR) is 71.9 cm³/mol. The van der Waals surface area contributed by atoms with Crippen molar-refractivity contribution in [2.75, 3.05) is 0 Å². The van der Waals surface area contributed by atoms with E-state index in [2.05, 4.69) is 0 Å². The minimum atomic E-state index is -5.17. The molecule has 13 heteroatoms. The molecule has 120 valence electrons. The molecule has 0 radical (unpaired) electrons. The Bertz CT molecular complexity index is 278. The molecule has 0 aliphatic heterocycles. The molecule has 0 bridgehead atoms. The Morgan fingerprint density at radius 3 is 0.737 bits per heavy atom. The average molecular weight is 464 g/mol. The fourth-order valence-electron chi connectivity index (χ4n) is 1.05. The van der Waals surface area contributed by atoms with Crippen molar-refractivity contribution in [3.63, 3.8) is 0 Å². The van der Waals surface area contributed by atoms with E-state index in [0.29, 0.717) is 0 Å². The van der Waals surface area contributed by atoms with Crippen molar-refractivity contribution in [3.05, 3.63) is 0 Å². The second-order valence-corrected chi connectivity index (χ2v) is 6.92. The van der Waals surface area contributed by atoms with E-state index >= 15 is 0 Å². The fourth-order valence-corrected chi connectivity index (χ4v) is 3.38. The monoisotopic (exact) mass is 460 g/mol. The third-order valence-electron chi connectivity index (χ3n) is 1.83. The summed E-state index contributed by atoms with van der Waals surface area (Å²) in [6.07, 6.45) is 0. The molecule has 0 heterocycles. The third-order valence-corrected chi connectivity index (χ3v) is 5.86. The van der Waals surface area contributed by atoms with Crippen molar-refractivity contribution in [1.29, 1.82) is 0 Å². The molecule has 1 saturated carbocycles. The zero-order valence-electron chi connectivity index (χ0n) is 8.59. The smallest absolute Gasteiger partial charge is 0.759 e. The normalized spacial score (nSPS) is 38.1. The van der Waals surface area contributed by atoms with Gasteiger partial charge in [0.25, 0.3) is 0 Å². The predicted octanol–water partition coefficient (Wildman–Crippen LogP) is 1.48. The summed E-state index contributed by atoms with van der Waals surface area (Å²) in [6, 6.07) is 0. The molecule has 19 heavy (non-hydrogen) atoms. The summed E-state index contributed by atoms with van der Waals surface area (Å²) in [5, 5.41) is -2.62. The molecule has 2 N–H and O–H groups in total. The van der Waals surface area contributed by atoms with Gasteiger partial charge < -0.3 is 14.6 Å². The van der Waals surface area contributed by atoms with Crippen molar-refractivity contribution >= 4 is 80.0 Å². The minimum Gasteiger partial charge on any atom is -0.759 e. The van der Waals surface area contributed by atoms with Crippen LogP contribution in [0, 0.1) is 0 Å². The molecule has 1 aliphatic carbocycles. The standard InChI is InChI=1S/C6H6Cl6.Ni.H2O4S.H2O/c7-1-2(8)4(10)6(12)5(11)3(1)9;;1-5(2,3)4;/h1-6H;;(H2,1,2,3,4);1H2/q;+2;;/p-2/t1-,2-,3-,4+,5+,6+;;;. The number of rotatable bonds is 0. The molecule has 0 aromatic rings. The summed E-state index contributed by atoms with van der Waals surface area (Å²) in [5.74, 6) is 0.